The lowest BCUT2D eigenvalue weighted by molar-refractivity contribution is 0.624. The van der Waals surface area contributed by atoms with E-state index < -0.39 is 0 Å². The first-order valence-electron chi connectivity index (χ1n) is 5.72. The third kappa shape index (κ3) is 3.14. The molecular weight excluding hydrogens is 213 g/mol. The van der Waals surface area contributed by atoms with Crippen LogP contribution in [0.4, 0.5) is 4.39 Å². The van der Waals surface area contributed by atoms with Gasteiger partial charge in [-0.25, -0.2) is 4.39 Å². The molecule has 1 nitrogen and oxygen atoms in total. The number of halogens is 1. The molecule has 88 valence electrons. The fraction of sp³-hybridized carbons (Fsp3) is 0.200. The minimum Gasteiger partial charge on any atom is -0.324 e. The smallest absolute Gasteiger partial charge is 0.123 e. The van der Waals surface area contributed by atoms with Gasteiger partial charge in [-0.3, -0.25) is 0 Å². The van der Waals surface area contributed by atoms with Crippen molar-refractivity contribution in [2.45, 2.75) is 19.4 Å². The van der Waals surface area contributed by atoms with E-state index in [2.05, 4.69) is 31.2 Å². The summed E-state index contributed by atoms with van der Waals surface area (Å²) in [6, 6.07) is 14.6. The normalized spacial score (nSPS) is 12.4. The number of hydrogen-bond donors (Lipinski definition) is 1. The highest BCUT2D eigenvalue weighted by atomic mass is 19.1. The summed E-state index contributed by atoms with van der Waals surface area (Å²) in [4.78, 5) is 0. The van der Waals surface area contributed by atoms with Crippen LogP contribution in [0.15, 0.2) is 48.5 Å². The van der Waals surface area contributed by atoms with E-state index in [9.17, 15) is 4.39 Å². The van der Waals surface area contributed by atoms with Gasteiger partial charge in [0.2, 0.25) is 0 Å². The first kappa shape index (κ1) is 11.8. The van der Waals surface area contributed by atoms with Crippen molar-refractivity contribution in [3.63, 3.8) is 0 Å². The van der Waals surface area contributed by atoms with E-state index in [0.717, 1.165) is 12.0 Å². The molecule has 0 aromatic heterocycles. The Kier molecular flexibility index (Phi) is 3.55. The third-order valence-corrected chi connectivity index (χ3v) is 2.87. The molecule has 2 aromatic rings. The van der Waals surface area contributed by atoms with E-state index in [1.54, 1.807) is 12.1 Å². The zero-order valence-electron chi connectivity index (χ0n) is 9.86. The van der Waals surface area contributed by atoms with Gasteiger partial charge in [0, 0.05) is 6.04 Å². The second-order valence-corrected chi connectivity index (χ2v) is 4.35. The summed E-state index contributed by atoms with van der Waals surface area (Å²) in [5.41, 5.74) is 9.50. The maximum absolute atomic E-state index is 12.8. The molecule has 2 N–H and O–H groups in total. The van der Waals surface area contributed by atoms with Crippen LogP contribution in [0, 0.1) is 12.7 Å². The molecule has 0 aliphatic rings. The van der Waals surface area contributed by atoms with E-state index in [4.69, 9.17) is 5.73 Å². The fourth-order valence-electron chi connectivity index (χ4n) is 1.81. The molecule has 0 heterocycles. The topological polar surface area (TPSA) is 26.0 Å². The molecule has 0 saturated heterocycles. The third-order valence-electron chi connectivity index (χ3n) is 2.87. The summed E-state index contributed by atoms with van der Waals surface area (Å²) in [6.45, 7) is 2.06. The van der Waals surface area contributed by atoms with Crippen LogP contribution >= 0.6 is 0 Å². The van der Waals surface area contributed by atoms with E-state index in [-0.39, 0.29) is 11.9 Å². The molecule has 0 saturated carbocycles. The number of hydrogen-bond acceptors (Lipinski definition) is 1. The van der Waals surface area contributed by atoms with E-state index in [1.165, 1.54) is 23.3 Å². The standard InChI is InChI=1S/C15H16FN/c1-11-2-4-12(5-3-11)10-15(17)13-6-8-14(16)9-7-13/h2-9,15H,10,17H2,1H3. The van der Waals surface area contributed by atoms with Crippen molar-refractivity contribution in [1.29, 1.82) is 0 Å². The molecule has 0 amide bonds. The van der Waals surface area contributed by atoms with Gasteiger partial charge in [0.05, 0.1) is 0 Å². The lowest BCUT2D eigenvalue weighted by Gasteiger charge is -2.12. The summed E-state index contributed by atoms with van der Waals surface area (Å²) in [7, 11) is 0. The Morgan fingerprint density at radius 2 is 1.59 bits per heavy atom. The molecule has 1 atom stereocenters. The van der Waals surface area contributed by atoms with Crippen LogP contribution in [0.5, 0.6) is 0 Å². The van der Waals surface area contributed by atoms with Gasteiger partial charge in [0.25, 0.3) is 0 Å². The second kappa shape index (κ2) is 5.11. The predicted molar refractivity (Wildman–Crippen MR) is 68.2 cm³/mol. The highest BCUT2D eigenvalue weighted by Crippen LogP contribution is 2.16. The second-order valence-electron chi connectivity index (χ2n) is 4.35. The van der Waals surface area contributed by atoms with E-state index in [1.807, 2.05) is 0 Å². The summed E-state index contributed by atoms with van der Waals surface area (Å²) in [6.07, 6.45) is 0.770. The molecular formula is C15H16FN. The lowest BCUT2D eigenvalue weighted by atomic mass is 9.99. The van der Waals surface area contributed by atoms with Gasteiger partial charge in [-0.15, -0.1) is 0 Å². The molecule has 0 spiro atoms. The van der Waals surface area contributed by atoms with Gasteiger partial charge in [0.15, 0.2) is 0 Å². The average molecular weight is 229 g/mol. The monoisotopic (exact) mass is 229 g/mol. The Bertz CT molecular complexity index is 473. The van der Waals surface area contributed by atoms with Gasteiger partial charge in [0.1, 0.15) is 5.82 Å². The molecule has 0 bridgehead atoms. The SMILES string of the molecule is Cc1ccc(CC(N)c2ccc(F)cc2)cc1. The summed E-state index contributed by atoms with van der Waals surface area (Å²) in [5, 5.41) is 0. The average Bonchev–Trinajstić information content (AvgIpc) is 2.33. The summed E-state index contributed by atoms with van der Waals surface area (Å²) in [5.74, 6) is -0.226. The van der Waals surface area contributed by atoms with Crippen LogP contribution in [0.25, 0.3) is 0 Å². The molecule has 0 radical (unpaired) electrons. The van der Waals surface area contributed by atoms with Crippen LogP contribution in [0.2, 0.25) is 0 Å². The van der Waals surface area contributed by atoms with Crippen molar-refractivity contribution in [1.82, 2.24) is 0 Å². The highest BCUT2D eigenvalue weighted by molar-refractivity contribution is 5.26. The minimum atomic E-state index is -0.226. The van der Waals surface area contributed by atoms with Crippen molar-refractivity contribution in [3.05, 3.63) is 71.0 Å². The zero-order valence-corrected chi connectivity index (χ0v) is 9.86. The maximum Gasteiger partial charge on any atom is 0.123 e. The number of benzene rings is 2. The molecule has 0 aliphatic heterocycles. The first-order valence-corrected chi connectivity index (χ1v) is 5.72. The molecule has 1 unspecified atom stereocenters. The summed E-state index contributed by atoms with van der Waals surface area (Å²) < 4.78 is 12.8. The van der Waals surface area contributed by atoms with Crippen molar-refractivity contribution in [3.8, 4) is 0 Å². The Morgan fingerprint density at radius 1 is 1.00 bits per heavy atom. The van der Waals surface area contributed by atoms with Gasteiger partial charge in [-0.2, -0.15) is 0 Å². The Hall–Kier alpha value is -1.67. The number of rotatable bonds is 3. The van der Waals surface area contributed by atoms with Crippen LogP contribution < -0.4 is 5.73 Å². The fourth-order valence-corrected chi connectivity index (χ4v) is 1.81. The summed E-state index contributed by atoms with van der Waals surface area (Å²) >= 11 is 0. The Balaban J connectivity index is 2.08. The van der Waals surface area contributed by atoms with Crippen molar-refractivity contribution < 1.29 is 4.39 Å². The van der Waals surface area contributed by atoms with Crippen molar-refractivity contribution in [2.75, 3.05) is 0 Å². The largest absolute Gasteiger partial charge is 0.324 e. The van der Waals surface area contributed by atoms with Crippen LogP contribution in [-0.4, -0.2) is 0 Å². The quantitative estimate of drug-likeness (QED) is 0.858. The first-order chi connectivity index (χ1) is 8.15. The minimum absolute atomic E-state index is 0.0849. The molecule has 0 aliphatic carbocycles. The van der Waals surface area contributed by atoms with E-state index >= 15 is 0 Å². The van der Waals surface area contributed by atoms with Gasteiger partial charge >= 0.3 is 0 Å². The lowest BCUT2D eigenvalue weighted by Crippen LogP contribution is -2.13. The molecule has 17 heavy (non-hydrogen) atoms. The van der Waals surface area contributed by atoms with Crippen LogP contribution in [-0.2, 0) is 6.42 Å². The number of aryl methyl sites for hydroxylation is 1. The molecule has 2 heteroatoms. The molecule has 2 rings (SSSR count). The van der Waals surface area contributed by atoms with Gasteiger partial charge in [-0.05, 0) is 36.6 Å². The predicted octanol–water partition coefficient (Wildman–Crippen LogP) is 3.38. The molecule has 2 aromatic carbocycles. The van der Waals surface area contributed by atoms with Crippen molar-refractivity contribution >= 4 is 0 Å². The Morgan fingerprint density at radius 3 is 2.18 bits per heavy atom. The molecule has 0 fully saturated rings. The van der Waals surface area contributed by atoms with Gasteiger partial charge < -0.3 is 5.73 Å². The van der Waals surface area contributed by atoms with Crippen LogP contribution in [0.3, 0.4) is 0 Å². The number of nitrogens with two attached hydrogens (primary N) is 1. The zero-order chi connectivity index (χ0) is 12.3. The Labute approximate surface area is 101 Å². The maximum atomic E-state index is 12.8. The highest BCUT2D eigenvalue weighted by Gasteiger charge is 2.06. The van der Waals surface area contributed by atoms with Crippen LogP contribution in [0.1, 0.15) is 22.7 Å². The van der Waals surface area contributed by atoms with E-state index in [0.29, 0.717) is 0 Å². The van der Waals surface area contributed by atoms with Gasteiger partial charge in [-0.1, -0.05) is 42.0 Å². The van der Waals surface area contributed by atoms with Crippen molar-refractivity contribution in [2.24, 2.45) is 5.73 Å².